The Balaban J connectivity index is 2.20. The van der Waals surface area contributed by atoms with E-state index in [4.69, 9.17) is 4.74 Å². The van der Waals surface area contributed by atoms with Crippen molar-refractivity contribution in [1.29, 1.82) is 0 Å². The van der Waals surface area contributed by atoms with E-state index in [0.29, 0.717) is 0 Å². The van der Waals surface area contributed by atoms with Crippen molar-refractivity contribution in [3.63, 3.8) is 0 Å². The largest absolute Gasteiger partial charge is 0.497 e. The predicted molar refractivity (Wildman–Crippen MR) is 71.0 cm³/mol. The van der Waals surface area contributed by atoms with Crippen LogP contribution in [0.1, 0.15) is 12.5 Å². The summed E-state index contributed by atoms with van der Waals surface area (Å²) in [6, 6.07) is 6.03. The van der Waals surface area contributed by atoms with Gasteiger partial charge in [-0.2, -0.15) is 0 Å². The van der Waals surface area contributed by atoms with Gasteiger partial charge in [-0.25, -0.2) is 0 Å². The summed E-state index contributed by atoms with van der Waals surface area (Å²) in [6.45, 7) is 2.31. The van der Waals surface area contributed by atoms with Crippen molar-refractivity contribution >= 4 is 11.4 Å². The summed E-state index contributed by atoms with van der Waals surface area (Å²) in [5.41, 5.74) is 2.35. The summed E-state index contributed by atoms with van der Waals surface area (Å²) in [7, 11) is 3.49. The number of amides is 1. The first-order chi connectivity index (χ1) is 8.61. The van der Waals surface area contributed by atoms with Crippen LogP contribution < -0.4 is 4.74 Å². The van der Waals surface area contributed by atoms with Crippen LogP contribution in [0.2, 0.25) is 0 Å². The molecule has 0 bridgehead atoms. The highest BCUT2D eigenvalue weighted by Gasteiger charge is 2.07. The fourth-order valence-corrected chi connectivity index (χ4v) is 1.92. The molecule has 0 aliphatic carbocycles. The molecule has 0 unspecified atom stereocenters. The monoisotopic (exact) mass is 246 g/mol. The minimum absolute atomic E-state index is 0.0936. The number of rotatable bonds is 4. The van der Waals surface area contributed by atoms with Gasteiger partial charge in [-0.05, 0) is 24.1 Å². The zero-order valence-electron chi connectivity index (χ0n) is 11.0. The minimum Gasteiger partial charge on any atom is -0.497 e. The Bertz CT molecular complexity index is 560. The molecular formula is C14H18N2O2. The topological polar surface area (TPSA) is 34.0 Å². The van der Waals surface area contributed by atoms with Gasteiger partial charge in [0.15, 0.2) is 0 Å². The number of ether oxygens (including phenoxy) is 1. The first-order valence-electron chi connectivity index (χ1n) is 5.97. The van der Waals surface area contributed by atoms with Gasteiger partial charge in [-0.15, -0.1) is 0 Å². The van der Waals surface area contributed by atoms with Gasteiger partial charge in [0.25, 0.3) is 0 Å². The molecular weight excluding hydrogens is 228 g/mol. The summed E-state index contributed by atoms with van der Waals surface area (Å²) >= 11 is 0. The van der Waals surface area contributed by atoms with E-state index in [2.05, 4.69) is 10.5 Å². The van der Waals surface area contributed by atoms with Gasteiger partial charge in [-0.3, -0.25) is 4.79 Å². The molecule has 18 heavy (non-hydrogen) atoms. The van der Waals surface area contributed by atoms with Crippen LogP contribution in [0.25, 0.3) is 5.52 Å². The number of carbonyl (C=O) groups excluding carboxylic acids is 1. The van der Waals surface area contributed by atoms with Crippen LogP contribution in [0, 0.1) is 0 Å². The van der Waals surface area contributed by atoms with E-state index in [0.717, 1.165) is 24.2 Å². The van der Waals surface area contributed by atoms with E-state index in [1.807, 2.05) is 31.6 Å². The highest BCUT2D eigenvalue weighted by molar-refractivity contribution is 5.72. The number of aromatic nitrogens is 1. The zero-order valence-corrected chi connectivity index (χ0v) is 11.0. The molecule has 1 amide bonds. The van der Waals surface area contributed by atoms with Crippen LogP contribution in [-0.2, 0) is 11.2 Å². The van der Waals surface area contributed by atoms with E-state index < -0.39 is 0 Å². The van der Waals surface area contributed by atoms with Gasteiger partial charge >= 0.3 is 0 Å². The molecule has 2 rings (SSSR count). The maximum atomic E-state index is 11.2. The Morgan fingerprint density at radius 2 is 2.11 bits per heavy atom. The maximum Gasteiger partial charge on any atom is 0.219 e. The van der Waals surface area contributed by atoms with Crippen LogP contribution in [0.15, 0.2) is 30.6 Å². The third-order valence-electron chi connectivity index (χ3n) is 3.21. The van der Waals surface area contributed by atoms with E-state index in [-0.39, 0.29) is 5.91 Å². The Hall–Kier alpha value is -1.97. The number of pyridine rings is 1. The van der Waals surface area contributed by atoms with Crippen molar-refractivity contribution < 1.29 is 9.53 Å². The normalized spacial score (nSPS) is 10.6. The molecule has 0 N–H and O–H groups in total. The summed E-state index contributed by atoms with van der Waals surface area (Å²) in [6.07, 6.45) is 4.85. The second-order valence-corrected chi connectivity index (χ2v) is 4.39. The molecule has 2 aromatic rings. The molecule has 4 nitrogen and oxygen atoms in total. The standard InChI is InChI=1S/C14H18N2O2/c1-11(17)15(2)7-4-12-5-8-16-9-6-13(18-3)10-14(12)16/h5-6,8-10H,4,7H2,1-3H3. The van der Waals surface area contributed by atoms with Crippen molar-refractivity contribution in [2.24, 2.45) is 0 Å². The summed E-state index contributed by atoms with van der Waals surface area (Å²) in [5, 5.41) is 0. The van der Waals surface area contributed by atoms with Crippen LogP contribution >= 0.6 is 0 Å². The van der Waals surface area contributed by atoms with Gasteiger partial charge in [0.05, 0.1) is 12.6 Å². The predicted octanol–water partition coefficient (Wildman–Crippen LogP) is 1.97. The lowest BCUT2D eigenvalue weighted by molar-refractivity contribution is -0.127. The minimum atomic E-state index is 0.0936. The van der Waals surface area contributed by atoms with Crippen LogP contribution in [0.3, 0.4) is 0 Å². The molecule has 0 fully saturated rings. The van der Waals surface area contributed by atoms with Crippen LogP contribution in [0.4, 0.5) is 0 Å². The average Bonchev–Trinajstić information content (AvgIpc) is 2.77. The Kier molecular flexibility index (Phi) is 3.55. The molecule has 2 heterocycles. The average molecular weight is 246 g/mol. The second-order valence-electron chi connectivity index (χ2n) is 4.39. The molecule has 0 aliphatic rings. The van der Waals surface area contributed by atoms with Crippen molar-refractivity contribution in [3.05, 3.63) is 36.2 Å². The lowest BCUT2D eigenvalue weighted by Crippen LogP contribution is -2.26. The third kappa shape index (κ3) is 2.47. The molecule has 2 aromatic heterocycles. The number of nitrogens with zero attached hydrogens (tertiary/aromatic N) is 2. The number of methoxy groups -OCH3 is 1. The molecule has 0 aromatic carbocycles. The van der Waals surface area contributed by atoms with Gasteiger partial charge in [0, 0.05) is 39.0 Å². The smallest absolute Gasteiger partial charge is 0.219 e. The molecule has 0 spiro atoms. The molecule has 0 saturated heterocycles. The van der Waals surface area contributed by atoms with E-state index in [1.165, 1.54) is 5.56 Å². The number of hydrogen-bond donors (Lipinski definition) is 0. The maximum absolute atomic E-state index is 11.2. The van der Waals surface area contributed by atoms with Gasteiger partial charge in [0.1, 0.15) is 5.75 Å². The Morgan fingerprint density at radius 3 is 2.78 bits per heavy atom. The van der Waals surface area contributed by atoms with Crippen molar-refractivity contribution in [2.45, 2.75) is 13.3 Å². The van der Waals surface area contributed by atoms with Crippen molar-refractivity contribution in [1.82, 2.24) is 9.30 Å². The lowest BCUT2D eigenvalue weighted by Gasteiger charge is -2.14. The second kappa shape index (κ2) is 5.12. The molecule has 0 aliphatic heterocycles. The summed E-state index contributed by atoms with van der Waals surface area (Å²) in [4.78, 5) is 12.9. The van der Waals surface area contributed by atoms with Gasteiger partial charge in [-0.1, -0.05) is 0 Å². The van der Waals surface area contributed by atoms with Gasteiger partial charge in [0.2, 0.25) is 5.91 Å². The lowest BCUT2D eigenvalue weighted by atomic mass is 10.2. The van der Waals surface area contributed by atoms with Crippen molar-refractivity contribution in [3.8, 4) is 5.75 Å². The van der Waals surface area contributed by atoms with E-state index in [1.54, 1.807) is 18.9 Å². The molecule has 0 radical (unpaired) electrons. The van der Waals surface area contributed by atoms with Crippen molar-refractivity contribution in [2.75, 3.05) is 20.7 Å². The first-order valence-corrected chi connectivity index (χ1v) is 5.97. The van der Waals surface area contributed by atoms with Gasteiger partial charge < -0.3 is 14.0 Å². The van der Waals surface area contributed by atoms with E-state index in [9.17, 15) is 4.79 Å². The van der Waals surface area contributed by atoms with Crippen LogP contribution in [0.5, 0.6) is 5.75 Å². The third-order valence-corrected chi connectivity index (χ3v) is 3.21. The number of carbonyl (C=O) groups is 1. The fraction of sp³-hybridized carbons (Fsp3) is 0.357. The highest BCUT2D eigenvalue weighted by Crippen LogP contribution is 2.19. The SMILES string of the molecule is COc1ccn2ccc(CCN(C)C(C)=O)c2c1. The number of hydrogen-bond acceptors (Lipinski definition) is 2. The number of likely N-dealkylation sites (N-methyl/N-ethyl adjacent to an activating group) is 1. The first kappa shape index (κ1) is 12.5. The van der Waals surface area contributed by atoms with Crippen LogP contribution in [-0.4, -0.2) is 35.9 Å². The fourth-order valence-electron chi connectivity index (χ4n) is 1.92. The highest BCUT2D eigenvalue weighted by atomic mass is 16.5. The number of fused-ring (bicyclic) bond motifs is 1. The quantitative estimate of drug-likeness (QED) is 0.826. The summed E-state index contributed by atoms with van der Waals surface area (Å²) < 4.78 is 7.29. The van der Waals surface area contributed by atoms with E-state index >= 15 is 0 Å². The molecule has 96 valence electrons. The molecule has 0 atom stereocenters. The summed E-state index contributed by atoms with van der Waals surface area (Å²) in [5.74, 6) is 0.943. The molecule has 4 heteroatoms. The Morgan fingerprint density at radius 1 is 1.39 bits per heavy atom. The Labute approximate surface area is 107 Å². The molecule has 0 saturated carbocycles. The zero-order chi connectivity index (χ0) is 13.1.